The zero-order valence-electron chi connectivity index (χ0n) is 9.42. The quantitative estimate of drug-likeness (QED) is 0.897. The Bertz CT molecular complexity index is 580. The number of anilines is 3. The van der Waals surface area contributed by atoms with Crippen LogP contribution in [0.1, 0.15) is 0 Å². The Morgan fingerprint density at radius 1 is 1.22 bits per heavy atom. The molecule has 1 unspecified atom stereocenters. The lowest BCUT2D eigenvalue weighted by molar-refractivity contribution is 0.690. The van der Waals surface area contributed by atoms with Gasteiger partial charge in [-0.3, -0.25) is 0 Å². The molecule has 0 radical (unpaired) electrons. The lowest BCUT2D eigenvalue weighted by Gasteiger charge is -2.10. The van der Waals surface area contributed by atoms with Gasteiger partial charge in [-0.25, -0.2) is 14.2 Å². The fourth-order valence-corrected chi connectivity index (χ4v) is 1.90. The molecule has 0 saturated heterocycles. The largest absolute Gasteiger partial charge is 0.322 e. The number of hydrogen-bond acceptors (Lipinski definition) is 5. The summed E-state index contributed by atoms with van der Waals surface area (Å²) in [4.78, 5) is 11.5. The summed E-state index contributed by atoms with van der Waals surface area (Å²) < 4.78 is 14.0. The van der Waals surface area contributed by atoms with Crippen LogP contribution in [-0.2, 0) is 11.0 Å². The van der Waals surface area contributed by atoms with Crippen molar-refractivity contribution in [3.8, 4) is 0 Å². The normalized spacial score (nSPS) is 11.9. The standard InChI is InChI=1S/C10H10ClN5OS/c1-18(17)16-8-5-3-2-4-7(8)14-10-13-6-12-9(11)15-10/h2-6,16H,1H3,(H,12,13,14,15). The molecule has 0 spiro atoms. The van der Waals surface area contributed by atoms with Gasteiger partial charge < -0.3 is 10.0 Å². The molecule has 0 fully saturated rings. The predicted molar refractivity (Wildman–Crippen MR) is 72.3 cm³/mol. The minimum absolute atomic E-state index is 0.108. The Kier molecular flexibility index (Phi) is 4.06. The van der Waals surface area contributed by atoms with E-state index < -0.39 is 11.0 Å². The van der Waals surface area contributed by atoms with Crippen molar-refractivity contribution in [2.24, 2.45) is 0 Å². The zero-order chi connectivity index (χ0) is 13.0. The van der Waals surface area contributed by atoms with Crippen LogP contribution in [0.5, 0.6) is 0 Å². The van der Waals surface area contributed by atoms with Gasteiger partial charge >= 0.3 is 0 Å². The van der Waals surface area contributed by atoms with E-state index in [9.17, 15) is 4.21 Å². The molecule has 8 heteroatoms. The van der Waals surface area contributed by atoms with Gasteiger partial charge in [0.15, 0.2) is 0 Å². The fraction of sp³-hybridized carbons (Fsp3) is 0.100. The second-order valence-electron chi connectivity index (χ2n) is 3.30. The number of hydrogen-bond donors (Lipinski definition) is 2. The predicted octanol–water partition coefficient (Wildman–Crippen LogP) is 1.97. The second kappa shape index (κ2) is 5.74. The number of nitrogens with one attached hydrogen (secondary N) is 2. The van der Waals surface area contributed by atoms with Crippen LogP contribution in [0.3, 0.4) is 0 Å². The maximum absolute atomic E-state index is 11.2. The van der Waals surface area contributed by atoms with Crippen LogP contribution in [0, 0.1) is 0 Å². The van der Waals surface area contributed by atoms with Crippen LogP contribution in [0.4, 0.5) is 17.3 Å². The summed E-state index contributed by atoms with van der Waals surface area (Å²) in [6.45, 7) is 0. The summed E-state index contributed by atoms with van der Waals surface area (Å²) in [5.74, 6) is 0.325. The van der Waals surface area contributed by atoms with E-state index in [1.165, 1.54) is 6.33 Å². The molecule has 0 bridgehead atoms. The Labute approximate surface area is 111 Å². The van der Waals surface area contributed by atoms with Crippen molar-refractivity contribution in [3.05, 3.63) is 35.9 Å². The van der Waals surface area contributed by atoms with Gasteiger partial charge in [-0.1, -0.05) is 12.1 Å². The molecule has 18 heavy (non-hydrogen) atoms. The second-order valence-corrected chi connectivity index (χ2v) is 4.76. The summed E-state index contributed by atoms with van der Waals surface area (Å²) in [6.07, 6.45) is 2.86. The topological polar surface area (TPSA) is 79.8 Å². The van der Waals surface area contributed by atoms with E-state index >= 15 is 0 Å². The van der Waals surface area contributed by atoms with Gasteiger partial charge in [0, 0.05) is 6.26 Å². The minimum Gasteiger partial charge on any atom is -0.322 e. The third-order valence-electron chi connectivity index (χ3n) is 1.97. The van der Waals surface area contributed by atoms with E-state index in [0.717, 1.165) is 0 Å². The molecule has 1 aromatic carbocycles. The zero-order valence-corrected chi connectivity index (χ0v) is 11.0. The van der Waals surface area contributed by atoms with Crippen LogP contribution < -0.4 is 10.0 Å². The van der Waals surface area contributed by atoms with Gasteiger partial charge in [-0.2, -0.15) is 4.98 Å². The molecule has 6 nitrogen and oxygen atoms in total. The van der Waals surface area contributed by atoms with Crippen LogP contribution in [0.25, 0.3) is 0 Å². The number of para-hydroxylation sites is 2. The first-order valence-electron chi connectivity index (χ1n) is 4.96. The van der Waals surface area contributed by atoms with E-state index in [2.05, 4.69) is 25.0 Å². The maximum atomic E-state index is 11.2. The third kappa shape index (κ3) is 3.38. The average molecular weight is 284 g/mol. The van der Waals surface area contributed by atoms with Gasteiger partial charge in [-0.05, 0) is 23.7 Å². The Morgan fingerprint density at radius 3 is 2.61 bits per heavy atom. The van der Waals surface area contributed by atoms with Crippen molar-refractivity contribution < 1.29 is 4.21 Å². The van der Waals surface area contributed by atoms with Gasteiger partial charge in [0.2, 0.25) is 11.2 Å². The first-order valence-corrected chi connectivity index (χ1v) is 6.89. The lowest BCUT2D eigenvalue weighted by atomic mass is 10.3. The van der Waals surface area contributed by atoms with Crippen LogP contribution in [0.15, 0.2) is 30.6 Å². The Balaban J connectivity index is 2.26. The smallest absolute Gasteiger partial charge is 0.231 e. The first kappa shape index (κ1) is 12.7. The number of aromatic nitrogens is 3. The monoisotopic (exact) mass is 283 g/mol. The van der Waals surface area contributed by atoms with Crippen LogP contribution in [-0.4, -0.2) is 25.4 Å². The Hall–Kier alpha value is -1.73. The lowest BCUT2D eigenvalue weighted by Crippen LogP contribution is -2.05. The highest BCUT2D eigenvalue weighted by molar-refractivity contribution is 7.85. The van der Waals surface area contributed by atoms with E-state index in [1.807, 2.05) is 18.2 Å². The number of rotatable bonds is 4. The molecule has 2 aromatic rings. The minimum atomic E-state index is -1.16. The van der Waals surface area contributed by atoms with Gasteiger partial charge in [-0.15, -0.1) is 0 Å². The van der Waals surface area contributed by atoms with Crippen molar-refractivity contribution in [1.82, 2.24) is 15.0 Å². The molecule has 2 N–H and O–H groups in total. The molecule has 0 amide bonds. The maximum Gasteiger partial charge on any atom is 0.231 e. The van der Waals surface area contributed by atoms with Crippen molar-refractivity contribution in [2.45, 2.75) is 0 Å². The molecule has 1 heterocycles. The average Bonchev–Trinajstić information content (AvgIpc) is 2.31. The van der Waals surface area contributed by atoms with E-state index in [-0.39, 0.29) is 5.28 Å². The molecule has 0 aliphatic heterocycles. The summed E-state index contributed by atoms with van der Waals surface area (Å²) in [6, 6.07) is 7.29. The fourth-order valence-electron chi connectivity index (χ4n) is 1.29. The summed E-state index contributed by atoms with van der Waals surface area (Å²) in [5, 5.41) is 3.08. The molecule has 2 rings (SSSR count). The number of nitrogens with zero attached hydrogens (tertiary/aromatic N) is 3. The molecular weight excluding hydrogens is 274 g/mol. The first-order chi connectivity index (χ1) is 8.65. The summed E-state index contributed by atoms with van der Waals surface area (Å²) in [7, 11) is -1.16. The van der Waals surface area contributed by atoms with Gasteiger partial charge in [0.25, 0.3) is 0 Å². The molecule has 94 valence electrons. The third-order valence-corrected chi connectivity index (χ3v) is 2.66. The van der Waals surface area contributed by atoms with Crippen molar-refractivity contribution in [1.29, 1.82) is 0 Å². The van der Waals surface area contributed by atoms with Crippen LogP contribution in [0.2, 0.25) is 5.28 Å². The van der Waals surface area contributed by atoms with Crippen molar-refractivity contribution in [3.63, 3.8) is 0 Å². The SMILES string of the molecule is CS(=O)Nc1ccccc1Nc1ncnc(Cl)n1. The molecular formula is C10H10ClN5OS. The highest BCUT2D eigenvalue weighted by Crippen LogP contribution is 2.23. The molecule has 0 saturated carbocycles. The van der Waals surface area contributed by atoms with E-state index in [4.69, 9.17) is 11.6 Å². The molecule has 0 aliphatic rings. The van der Waals surface area contributed by atoms with Crippen molar-refractivity contribution >= 4 is 39.9 Å². The van der Waals surface area contributed by atoms with E-state index in [0.29, 0.717) is 17.3 Å². The highest BCUT2D eigenvalue weighted by Gasteiger charge is 2.05. The highest BCUT2D eigenvalue weighted by atomic mass is 35.5. The number of benzene rings is 1. The summed E-state index contributed by atoms with van der Waals surface area (Å²) in [5.41, 5.74) is 1.39. The molecule has 1 aromatic heterocycles. The molecule has 0 aliphatic carbocycles. The van der Waals surface area contributed by atoms with Gasteiger partial charge in [0.05, 0.1) is 11.4 Å². The summed E-state index contributed by atoms with van der Waals surface area (Å²) >= 11 is 5.67. The van der Waals surface area contributed by atoms with Crippen molar-refractivity contribution in [2.75, 3.05) is 16.3 Å². The Morgan fingerprint density at radius 2 is 1.94 bits per heavy atom. The van der Waals surface area contributed by atoms with Gasteiger partial charge in [0.1, 0.15) is 17.3 Å². The molecule has 1 atom stereocenters. The van der Waals surface area contributed by atoms with Crippen LogP contribution >= 0.6 is 11.6 Å². The number of halogens is 1. The van der Waals surface area contributed by atoms with E-state index in [1.54, 1.807) is 12.3 Å².